The minimum Gasteiger partial charge on any atom is -0.339 e. The number of anilines is 1. The molecule has 1 aromatic carbocycles. The van der Waals surface area contributed by atoms with Crippen molar-refractivity contribution in [2.24, 2.45) is 5.73 Å². The zero-order chi connectivity index (χ0) is 15.8. The summed E-state index contributed by atoms with van der Waals surface area (Å²) in [5.41, 5.74) is 6.86. The van der Waals surface area contributed by atoms with E-state index in [1.54, 1.807) is 29.2 Å². The lowest BCUT2D eigenvalue weighted by Gasteiger charge is -2.19. The minimum absolute atomic E-state index is 0. The summed E-state index contributed by atoms with van der Waals surface area (Å²) in [4.78, 5) is 25.8. The van der Waals surface area contributed by atoms with Gasteiger partial charge in [0, 0.05) is 36.8 Å². The normalized spacial score (nSPS) is 11.3. The number of amides is 2. The number of carbonyl (C=O) groups is 2. The van der Waals surface area contributed by atoms with E-state index in [9.17, 15) is 9.59 Å². The number of carbonyl (C=O) groups excluding carboxylic acids is 2. The molecule has 1 atom stereocenters. The number of hydrogen-bond donors (Lipinski definition) is 2. The molecule has 1 aromatic rings. The molecule has 6 heteroatoms. The number of rotatable bonds is 7. The molecule has 5 nitrogen and oxygen atoms in total. The highest BCUT2D eigenvalue weighted by Crippen LogP contribution is 2.13. The van der Waals surface area contributed by atoms with Crippen LogP contribution in [0.5, 0.6) is 0 Å². The molecular weight excluding hydrogens is 302 g/mol. The maximum Gasteiger partial charge on any atom is 0.253 e. The van der Waals surface area contributed by atoms with Crippen molar-refractivity contribution in [2.75, 3.05) is 18.4 Å². The lowest BCUT2D eigenvalue weighted by molar-refractivity contribution is -0.116. The monoisotopic (exact) mass is 327 g/mol. The molecule has 1 rings (SSSR count). The van der Waals surface area contributed by atoms with Gasteiger partial charge in [0.2, 0.25) is 5.91 Å². The van der Waals surface area contributed by atoms with Crippen molar-refractivity contribution < 1.29 is 9.59 Å². The summed E-state index contributed by atoms with van der Waals surface area (Å²) in [6.45, 7) is 7.10. The zero-order valence-corrected chi connectivity index (χ0v) is 14.3. The summed E-state index contributed by atoms with van der Waals surface area (Å²) in [7, 11) is 0. The quantitative estimate of drug-likeness (QED) is 0.808. The first kappa shape index (κ1) is 20.4. The van der Waals surface area contributed by atoms with Crippen molar-refractivity contribution >= 4 is 29.9 Å². The number of benzene rings is 1. The van der Waals surface area contributed by atoms with Crippen LogP contribution in [0.4, 0.5) is 5.69 Å². The summed E-state index contributed by atoms with van der Waals surface area (Å²) >= 11 is 0. The van der Waals surface area contributed by atoms with Gasteiger partial charge in [-0.3, -0.25) is 9.59 Å². The van der Waals surface area contributed by atoms with E-state index in [2.05, 4.69) is 5.32 Å². The van der Waals surface area contributed by atoms with Crippen molar-refractivity contribution in [2.45, 2.75) is 39.7 Å². The SMILES string of the molecule is CCN(CC)C(=O)c1cccc(NC(=O)CCC(C)N)c1.Cl. The Kier molecular flexibility index (Phi) is 9.45. The van der Waals surface area contributed by atoms with Gasteiger partial charge in [0.15, 0.2) is 0 Å². The highest BCUT2D eigenvalue weighted by Gasteiger charge is 2.13. The molecule has 0 saturated carbocycles. The molecule has 124 valence electrons. The Labute approximate surface area is 138 Å². The van der Waals surface area contributed by atoms with Crippen molar-refractivity contribution in [1.82, 2.24) is 4.90 Å². The van der Waals surface area contributed by atoms with Gasteiger partial charge < -0.3 is 16.0 Å². The first-order chi connectivity index (χ1) is 9.97. The highest BCUT2D eigenvalue weighted by atomic mass is 35.5. The van der Waals surface area contributed by atoms with Gasteiger partial charge in [0.25, 0.3) is 5.91 Å². The molecule has 2 amide bonds. The van der Waals surface area contributed by atoms with Crippen LogP contribution in [-0.4, -0.2) is 35.8 Å². The van der Waals surface area contributed by atoms with Crippen LogP contribution in [0.2, 0.25) is 0 Å². The van der Waals surface area contributed by atoms with E-state index < -0.39 is 0 Å². The lowest BCUT2D eigenvalue weighted by Crippen LogP contribution is -2.30. The fourth-order valence-electron chi connectivity index (χ4n) is 2.01. The van der Waals surface area contributed by atoms with Gasteiger partial charge in [-0.25, -0.2) is 0 Å². The Morgan fingerprint density at radius 2 is 1.91 bits per heavy atom. The molecule has 0 aliphatic rings. The molecule has 0 aliphatic carbocycles. The Balaban J connectivity index is 0.00000441. The van der Waals surface area contributed by atoms with E-state index >= 15 is 0 Å². The van der Waals surface area contributed by atoms with Crippen molar-refractivity contribution in [3.63, 3.8) is 0 Å². The van der Waals surface area contributed by atoms with Gasteiger partial charge in [-0.05, 0) is 45.4 Å². The maximum absolute atomic E-state index is 12.3. The summed E-state index contributed by atoms with van der Waals surface area (Å²) in [5, 5.41) is 2.80. The first-order valence-electron chi connectivity index (χ1n) is 7.42. The van der Waals surface area contributed by atoms with Crippen LogP contribution in [0, 0.1) is 0 Å². The van der Waals surface area contributed by atoms with Gasteiger partial charge in [-0.1, -0.05) is 6.07 Å². The molecular formula is C16H26ClN3O2. The predicted molar refractivity (Wildman–Crippen MR) is 92.5 cm³/mol. The largest absolute Gasteiger partial charge is 0.339 e. The highest BCUT2D eigenvalue weighted by molar-refractivity contribution is 5.97. The molecule has 0 aliphatic heterocycles. The average molecular weight is 328 g/mol. The molecule has 0 saturated heterocycles. The Morgan fingerprint density at radius 1 is 1.27 bits per heavy atom. The Bertz CT molecular complexity index is 488. The molecule has 0 fully saturated rings. The molecule has 3 N–H and O–H groups in total. The van der Waals surface area contributed by atoms with E-state index in [1.165, 1.54) is 0 Å². The molecule has 1 unspecified atom stereocenters. The topological polar surface area (TPSA) is 75.4 Å². The third kappa shape index (κ3) is 6.45. The van der Waals surface area contributed by atoms with Crippen LogP contribution in [0.3, 0.4) is 0 Å². The number of nitrogens with one attached hydrogen (secondary N) is 1. The van der Waals surface area contributed by atoms with E-state index in [0.717, 1.165) is 0 Å². The van der Waals surface area contributed by atoms with Gasteiger partial charge in [-0.2, -0.15) is 0 Å². The first-order valence-corrected chi connectivity index (χ1v) is 7.42. The average Bonchev–Trinajstić information content (AvgIpc) is 2.46. The standard InChI is InChI=1S/C16H25N3O2.ClH/c1-4-19(5-2)16(21)13-7-6-8-14(11-13)18-15(20)10-9-12(3)17;/h6-8,11-12H,4-5,9-10,17H2,1-3H3,(H,18,20);1H. The number of nitrogens with zero attached hydrogens (tertiary/aromatic N) is 1. The second-order valence-electron chi connectivity index (χ2n) is 5.12. The maximum atomic E-state index is 12.3. The molecule has 0 spiro atoms. The number of hydrogen-bond acceptors (Lipinski definition) is 3. The minimum atomic E-state index is -0.0836. The molecule has 0 aromatic heterocycles. The summed E-state index contributed by atoms with van der Waals surface area (Å²) in [6.07, 6.45) is 1.02. The van der Waals surface area contributed by atoms with E-state index in [-0.39, 0.29) is 30.3 Å². The van der Waals surface area contributed by atoms with E-state index in [1.807, 2.05) is 20.8 Å². The summed E-state index contributed by atoms with van der Waals surface area (Å²) < 4.78 is 0. The molecule has 22 heavy (non-hydrogen) atoms. The second kappa shape index (κ2) is 10.2. The smallest absolute Gasteiger partial charge is 0.253 e. The predicted octanol–water partition coefficient (Wildman–Crippen LogP) is 2.66. The molecule has 0 bridgehead atoms. The molecule has 0 radical (unpaired) electrons. The van der Waals surface area contributed by atoms with Crippen LogP contribution < -0.4 is 11.1 Å². The van der Waals surface area contributed by atoms with E-state index in [0.29, 0.717) is 37.2 Å². The van der Waals surface area contributed by atoms with Crippen molar-refractivity contribution in [3.05, 3.63) is 29.8 Å². The van der Waals surface area contributed by atoms with Gasteiger partial charge in [0.05, 0.1) is 0 Å². The van der Waals surface area contributed by atoms with Crippen LogP contribution >= 0.6 is 12.4 Å². The number of halogens is 1. The van der Waals surface area contributed by atoms with Crippen LogP contribution in [0.1, 0.15) is 44.0 Å². The fraction of sp³-hybridized carbons (Fsp3) is 0.500. The Morgan fingerprint density at radius 3 is 2.45 bits per heavy atom. The number of nitrogens with two attached hydrogens (primary N) is 1. The molecule has 0 heterocycles. The van der Waals surface area contributed by atoms with Crippen molar-refractivity contribution in [1.29, 1.82) is 0 Å². The summed E-state index contributed by atoms with van der Waals surface area (Å²) in [5.74, 6) is -0.105. The van der Waals surface area contributed by atoms with Gasteiger partial charge >= 0.3 is 0 Å². The Hall–Kier alpha value is -1.59. The third-order valence-electron chi connectivity index (χ3n) is 3.27. The second-order valence-corrected chi connectivity index (χ2v) is 5.12. The van der Waals surface area contributed by atoms with E-state index in [4.69, 9.17) is 5.73 Å². The van der Waals surface area contributed by atoms with Gasteiger partial charge in [0.1, 0.15) is 0 Å². The zero-order valence-electron chi connectivity index (χ0n) is 13.5. The summed E-state index contributed by atoms with van der Waals surface area (Å²) in [6, 6.07) is 7.04. The van der Waals surface area contributed by atoms with Gasteiger partial charge in [-0.15, -0.1) is 12.4 Å². The van der Waals surface area contributed by atoms with Crippen LogP contribution in [0.25, 0.3) is 0 Å². The van der Waals surface area contributed by atoms with Crippen LogP contribution in [0.15, 0.2) is 24.3 Å². The fourth-order valence-corrected chi connectivity index (χ4v) is 2.01. The van der Waals surface area contributed by atoms with Crippen LogP contribution in [-0.2, 0) is 4.79 Å². The third-order valence-corrected chi connectivity index (χ3v) is 3.27. The lowest BCUT2D eigenvalue weighted by atomic mass is 10.1. The van der Waals surface area contributed by atoms with Crippen molar-refractivity contribution in [3.8, 4) is 0 Å².